The Kier molecular flexibility index (Phi) is 17.0. The smallest absolute Gasteiger partial charge is 0.333 e. The Labute approximate surface area is 190 Å². The van der Waals surface area contributed by atoms with E-state index in [-0.39, 0.29) is 24.6 Å². The molecule has 32 heavy (non-hydrogen) atoms. The summed E-state index contributed by atoms with van der Waals surface area (Å²) in [7, 11) is 0. The molecule has 8 heteroatoms. The summed E-state index contributed by atoms with van der Waals surface area (Å²) in [6.45, 7) is 22.8. The summed E-state index contributed by atoms with van der Waals surface area (Å²) in [6.07, 6.45) is 1.46. The Bertz CT molecular complexity index is 688. The zero-order valence-electron chi connectivity index (χ0n) is 19.9. The summed E-state index contributed by atoms with van der Waals surface area (Å²) in [4.78, 5) is 44.0. The van der Waals surface area contributed by atoms with E-state index in [9.17, 15) is 19.2 Å². The van der Waals surface area contributed by atoms with Crippen LogP contribution >= 0.6 is 0 Å². The van der Waals surface area contributed by atoms with E-state index in [0.29, 0.717) is 54.8 Å². The fourth-order valence-corrected chi connectivity index (χ4v) is 1.56. The lowest BCUT2D eigenvalue weighted by Crippen LogP contribution is -2.18. The quantitative estimate of drug-likeness (QED) is 0.179. The first-order valence-corrected chi connectivity index (χ1v) is 10.1. The topological polar surface area (TPSA) is 105 Å². The molecule has 0 saturated heterocycles. The van der Waals surface area contributed by atoms with Crippen LogP contribution in [0.5, 0.6) is 0 Å². The largest absolute Gasteiger partial charge is 0.462 e. The molecule has 0 fully saturated rings. The second-order valence-electron chi connectivity index (χ2n) is 7.24. The molecule has 8 nitrogen and oxygen atoms in total. The lowest BCUT2D eigenvalue weighted by molar-refractivity contribution is -0.145. The highest BCUT2D eigenvalue weighted by molar-refractivity contribution is 5.88. The van der Waals surface area contributed by atoms with Gasteiger partial charge in [-0.3, -0.25) is 0 Å². The zero-order valence-corrected chi connectivity index (χ0v) is 19.9. The lowest BCUT2D eigenvalue weighted by atomic mass is 10.3. The highest BCUT2D eigenvalue weighted by Crippen LogP contribution is 2.03. The van der Waals surface area contributed by atoms with Crippen molar-refractivity contribution < 1.29 is 38.1 Å². The van der Waals surface area contributed by atoms with Crippen molar-refractivity contribution in [2.24, 2.45) is 0 Å². The summed E-state index contributed by atoms with van der Waals surface area (Å²) in [6, 6.07) is 0. The van der Waals surface area contributed by atoms with Crippen molar-refractivity contribution >= 4 is 23.9 Å². The molecule has 1 unspecified atom stereocenters. The minimum Gasteiger partial charge on any atom is -0.462 e. The van der Waals surface area contributed by atoms with Gasteiger partial charge in [0.1, 0.15) is 6.10 Å². The van der Waals surface area contributed by atoms with E-state index >= 15 is 0 Å². The number of unbranched alkanes of at least 4 members (excludes halogenated alkanes) is 1. The van der Waals surface area contributed by atoms with Gasteiger partial charge in [0.2, 0.25) is 0 Å². The van der Waals surface area contributed by atoms with Crippen molar-refractivity contribution in [2.45, 2.75) is 60.0 Å². The average Bonchev–Trinajstić information content (AvgIpc) is 2.69. The SMILES string of the molecule is C=C(C)C(=O)OCCC(C)OC(=O)C(=C)C.C=C(C)C(=O)OCCCCOC(=O)C(=C)C. The molecule has 0 saturated carbocycles. The Morgan fingerprint density at radius 1 is 0.594 bits per heavy atom. The standard InChI is InChI=1S/2C12H18O4/c1-8(2)11(13)15-7-6-10(5)16-12(14)9(3)4;1-9(2)11(13)15-7-5-6-8-16-12(14)10(3)4/h10H,1,3,6-7H2,2,4-5H3;1,3,5-8H2,2,4H3. The van der Waals surface area contributed by atoms with Crippen LogP contribution in [0.1, 0.15) is 53.9 Å². The normalized spacial score (nSPS) is 10.4. The van der Waals surface area contributed by atoms with E-state index in [1.165, 1.54) is 0 Å². The Morgan fingerprint density at radius 3 is 1.22 bits per heavy atom. The van der Waals surface area contributed by atoms with E-state index < -0.39 is 11.9 Å². The highest BCUT2D eigenvalue weighted by Gasteiger charge is 2.11. The molecule has 0 aliphatic rings. The maximum Gasteiger partial charge on any atom is 0.333 e. The summed E-state index contributed by atoms with van der Waals surface area (Å²) in [5.41, 5.74) is 1.47. The Balaban J connectivity index is 0. The highest BCUT2D eigenvalue weighted by atomic mass is 16.6. The monoisotopic (exact) mass is 452 g/mol. The third-order valence-corrected chi connectivity index (χ3v) is 3.46. The van der Waals surface area contributed by atoms with Crippen molar-refractivity contribution in [2.75, 3.05) is 19.8 Å². The van der Waals surface area contributed by atoms with Crippen LogP contribution in [-0.2, 0) is 38.1 Å². The van der Waals surface area contributed by atoms with Crippen LogP contribution in [0, 0.1) is 0 Å². The molecule has 0 aromatic rings. The molecule has 0 aromatic carbocycles. The van der Waals surface area contributed by atoms with Gasteiger partial charge in [0.05, 0.1) is 19.8 Å². The minimum atomic E-state index is -0.432. The molecule has 0 heterocycles. The van der Waals surface area contributed by atoms with Gasteiger partial charge >= 0.3 is 23.9 Å². The molecule has 0 N–H and O–H groups in total. The maximum absolute atomic E-state index is 11.1. The molecule has 0 aliphatic carbocycles. The van der Waals surface area contributed by atoms with Gasteiger partial charge in [-0.1, -0.05) is 26.3 Å². The number of esters is 4. The summed E-state index contributed by atoms with van der Waals surface area (Å²) >= 11 is 0. The second kappa shape index (κ2) is 17.5. The third kappa shape index (κ3) is 17.7. The van der Waals surface area contributed by atoms with Crippen molar-refractivity contribution in [3.63, 3.8) is 0 Å². The number of ether oxygens (including phenoxy) is 4. The molecule has 180 valence electrons. The van der Waals surface area contributed by atoms with Gasteiger partial charge in [0.25, 0.3) is 0 Å². The van der Waals surface area contributed by atoms with E-state index in [0.717, 1.165) is 0 Å². The van der Waals surface area contributed by atoms with Gasteiger partial charge in [-0.05, 0) is 47.5 Å². The van der Waals surface area contributed by atoms with Crippen LogP contribution in [0.15, 0.2) is 48.6 Å². The summed E-state index contributed by atoms with van der Waals surface area (Å²) in [5.74, 6) is -1.64. The van der Waals surface area contributed by atoms with Crippen molar-refractivity contribution in [1.29, 1.82) is 0 Å². The fourth-order valence-electron chi connectivity index (χ4n) is 1.56. The van der Waals surface area contributed by atoms with Crippen LogP contribution in [0.3, 0.4) is 0 Å². The van der Waals surface area contributed by atoms with Gasteiger partial charge in [0, 0.05) is 28.7 Å². The molecule has 0 bridgehead atoms. The first-order valence-electron chi connectivity index (χ1n) is 10.1. The van der Waals surface area contributed by atoms with Crippen LogP contribution in [0.25, 0.3) is 0 Å². The van der Waals surface area contributed by atoms with Crippen LogP contribution in [0.2, 0.25) is 0 Å². The fraction of sp³-hybridized carbons (Fsp3) is 0.500. The van der Waals surface area contributed by atoms with E-state index in [2.05, 4.69) is 26.3 Å². The molecule has 0 spiro atoms. The van der Waals surface area contributed by atoms with E-state index in [4.69, 9.17) is 18.9 Å². The van der Waals surface area contributed by atoms with Gasteiger partial charge in [-0.25, -0.2) is 19.2 Å². The number of carbonyl (C=O) groups is 4. The van der Waals surface area contributed by atoms with Crippen molar-refractivity contribution in [3.05, 3.63) is 48.6 Å². The summed E-state index contributed by atoms with van der Waals surface area (Å²) < 4.78 is 19.6. The first-order chi connectivity index (χ1) is 14.8. The van der Waals surface area contributed by atoms with Gasteiger partial charge in [-0.15, -0.1) is 0 Å². The number of hydrogen-bond acceptors (Lipinski definition) is 8. The molecule has 0 aromatic heterocycles. The Hall–Kier alpha value is -3.16. The van der Waals surface area contributed by atoms with Gasteiger partial charge < -0.3 is 18.9 Å². The van der Waals surface area contributed by atoms with Crippen LogP contribution in [-0.4, -0.2) is 49.8 Å². The number of rotatable bonds is 13. The van der Waals surface area contributed by atoms with Crippen LogP contribution in [0.4, 0.5) is 0 Å². The zero-order chi connectivity index (χ0) is 25.3. The molecule has 0 rings (SSSR count). The molecular formula is C24H36O8. The number of carbonyl (C=O) groups excluding carboxylic acids is 4. The van der Waals surface area contributed by atoms with Gasteiger partial charge in [-0.2, -0.15) is 0 Å². The predicted molar refractivity (Wildman–Crippen MR) is 122 cm³/mol. The van der Waals surface area contributed by atoms with E-state index in [1.807, 2.05) is 0 Å². The van der Waals surface area contributed by atoms with E-state index in [1.54, 1.807) is 34.6 Å². The summed E-state index contributed by atoms with van der Waals surface area (Å²) in [5, 5.41) is 0. The predicted octanol–water partition coefficient (Wildman–Crippen LogP) is 4.01. The lowest BCUT2D eigenvalue weighted by Gasteiger charge is -2.13. The minimum absolute atomic E-state index is 0.205. The Morgan fingerprint density at radius 2 is 0.906 bits per heavy atom. The third-order valence-electron chi connectivity index (χ3n) is 3.46. The second-order valence-corrected chi connectivity index (χ2v) is 7.24. The maximum atomic E-state index is 11.1. The average molecular weight is 453 g/mol. The van der Waals surface area contributed by atoms with Gasteiger partial charge in [0.15, 0.2) is 0 Å². The number of hydrogen-bond donors (Lipinski definition) is 0. The molecule has 0 aliphatic heterocycles. The molecule has 1 atom stereocenters. The molecular weight excluding hydrogens is 416 g/mol. The molecule has 0 radical (unpaired) electrons. The van der Waals surface area contributed by atoms with Crippen LogP contribution < -0.4 is 0 Å². The first kappa shape index (κ1) is 31.0. The van der Waals surface area contributed by atoms with Crippen molar-refractivity contribution in [1.82, 2.24) is 0 Å². The van der Waals surface area contributed by atoms with Crippen molar-refractivity contribution in [3.8, 4) is 0 Å². The molecule has 0 amide bonds.